The summed E-state index contributed by atoms with van der Waals surface area (Å²) in [6.07, 6.45) is 5.91. The first-order valence-corrected chi connectivity index (χ1v) is 7.63. The number of likely N-dealkylation sites (N-methyl/N-ethyl adjacent to an activating group) is 1. The maximum Gasteiger partial charge on any atom is 0.0341 e. The van der Waals surface area contributed by atoms with E-state index in [2.05, 4.69) is 30.2 Å². The number of hydrogen-bond donors (Lipinski definition) is 1. The van der Waals surface area contributed by atoms with Gasteiger partial charge < -0.3 is 10.6 Å². The fourth-order valence-electron chi connectivity index (χ4n) is 2.52. The normalized spacial score (nSPS) is 28.3. The van der Waals surface area contributed by atoms with Crippen molar-refractivity contribution in [1.82, 2.24) is 9.80 Å². The van der Waals surface area contributed by atoms with Gasteiger partial charge in [0.1, 0.15) is 0 Å². The second-order valence-electron chi connectivity index (χ2n) is 5.00. The van der Waals surface area contributed by atoms with E-state index in [1.165, 1.54) is 38.1 Å². The van der Waals surface area contributed by atoms with Crippen molar-refractivity contribution >= 4 is 11.8 Å². The predicted molar refractivity (Wildman–Crippen MR) is 74.1 cm³/mol. The number of thioether (sulfide) groups is 1. The largest absolute Gasteiger partial charge is 0.329 e. The zero-order chi connectivity index (χ0) is 12.0. The molecule has 0 aromatic rings. The van der Waals surface area contributed by atoms with Gasteiger partial charge in [-0.2, -0.15) is 11.8 Å². The van der Waals surface area contributed by atoms with E-state index >= 15 is 0 Å². The summed E-state index contributed by atoms with van der Waals surface area (Å²) in [5.41, 5.74) is 6.31. The van der Waals surface area contributed by atoms with Gasteiger partial charge in [0.15, 0.2) is 0 Å². The highest BCUT2D eigenvalue weighted by molar-refractivity contribution is 7.98. The van der Waals surface area contributed by atoms with E-state index in [9.17, 15) is 0 Å². The molecule has 1 unspecified atom stereocenters. The Morgan fingerprint density at radius 1 is 1.38 bits per heavy atom. The summed E-state index contributed by atoms with van der Waals surface area (Å²) >= 11 is 1.92. The average Bonchev–Trinajstić information content (AvgIpc) is 2.49. The molecule has 1 aliphatic heterocycles. The van der Waals surface area contributed by atoms with Crippen LogP contribution in [0.15, 0.2) is 0 Å². The lowest BCUT2D eigenvalue weighted by atomic mass is 9.89. The average molecular weight is 245 g/mol. The topological polar surface area (TPSA) is 32.5 Å². The first-order chi connectivity index (χ1) is 7.64. The Hall–Kier alpha value is 0.230. The van der Waals surface area contributed by atoms with E-state index in [1.54, 1.807) is 0 Å². The van der Waals surface area contributed by atoms with Gasteiger partial charge in [0.05, 0.1) is 0 Å². The molecule has 0 aromatic carbocycles. The summed E-state index contributed by atoms with van der Waals surface area (Å²) < 4.78 is 0. The molecule has 4 heteroatoms. The van der Waals surface area contributed by atoms with Crippen LogP contribution in [0.4, 0.5) is 0 Å². The fourth-order valence-corrected chi connectivity index (χ4v) is 2.98. The van der Waals surface area contributed by atoms with Gasteiger partial charge in [-0.05, 0) is 52.7 Å². The molecule has 0 amide bonds. The Kier molecular flexibility index (Phi) is 6.11. The quantitative estimate of drug-likeness (QED) is 0.786. The van der Waals surface area contributed by atoms with Crippen molar-refractivity contribution in [2.75, 3.05) is 52.3 Å². The lowest BCUT2D eigenvalue weighted by molar-refractivity contribution is 0.115. The summed E-state index contributed by atoms with van der Waals surface area (Å²) in [5, 5.41) is 0. The number of nitrogens with zero attached hydrogens (tertiary/aromatic N) is 2. The minimum absolute atomic E-state index is 0.250. The first kappa shape index (κ1) is 14.3. The Morgan fingerprint density at radius 2 is 2.12 bits per heavy atom. The lowest BCUT2D eigenvalue weighted by Crippen LogP contribution is -2.53. The molecule has 0 bridgehead atoms. The van der Waals surface area contributed by atoms with Gasteiger partial charge in [0, 0.05) is 24.4 Å². The van der Waals surface area contributed by atoms with E-state index in [0.717, 1.165) is 13.1 Å². The molecule has 0 spiro atoms. The summed E-state index contributed by atoms with van der Waals surface area (Å²) in [6.45, 7) is 4.35. The molecule has 0 aromatic heterocycles. The molecule has 1 fully saturated rings. The summed E-state index contributed by atoms with van der Waals surface area (Å²) in [6, 6.07) is 0. The molecule has 0 aliphatic carbocycles. The van der Waals surface area contributed by atoms with Gasteiger partial charge in [-0.3, -0.25) is 4.90 Å². The van der Waals surface area contributed by atoms with Crippen LogP contribution in [0, 0.1) is 0 Å². The third-order valence-electron chi connectivity index (χ3n) is 3.96. The van der Waals surface area contributed by atoms with E-state index in [-0.39, 0.29) is 5.54 Å². The van der Waals surface area contributed by atoms with Crippen molar-refractivity contribution in [3.63, 3.8) is 0 Å². The Labute approximate surface area is 105 Å². The Morgan fingerprint density at radius 3 is 2.75 bits per heavy atom. The van der Waals surface area contributed by atoms with Crippen molar-refractivity contribution in [3.8, 4) is 0 Å². The molecule has 1 aliphatic rings. The van der Waals surface area contributed by atoms with Crippen LogP contribution < -0.4 is 5.73 Å². The zero-order valence-electron chi connectivity index (χ0n) is 11.0. The van der Waals surface area contributed by atoms with Crippen LogP contribution in [0.25, 0.3) is 0 Å². The second-order valence-corrected chi connectivity index (χ2v) is 5.99. The number of likely N-dealkylation sites (tertiary alicyclic amines) is 1. The van der Waals surface area contributed by atoms with Gasteiger partial charge in [0.25, 0.3) is 0 Å². The lowest BCUT2D eigenvalue weighted by Gasteiger charge is -2.40. The number of rotatable bonds is 5. The molecule has 16 heavy (non-hydrogen) atoms. The predicted octanol–water partition coefficient (Wildman–Crippen LogP) is 1.09. The Bertz CT molecular complexity index is 201. The number of hydrogen-bond acceptors (Lipinski definition) is 4. The summed E-state index contributed by atoms with van der Waals surface area (Å²) in [4.78, 5) is 4.93. The van der Waals surface area contributed by atoms with Gasteiger partial charge >= 0.3 is 0 Å². The highest BCUT2D eigenvalue weighted by Gasteiger charge is 2.34. The molecule has 0 saturated carbocycles. The third-order valence-corrected chi connectivity index (χ3v) is 4.55. The molecule has 1 rings (SSSR count). The minimum Gasteiger partial charge on any atom is -0.329 e. The van der Waals surface area contributed by atoms with Crippen LogP contribution in [-0.2, 0) is 0 Å². The molecule has 96 valence electrons. The smallest absolute Gasteiger partial charge is 0.0341 e. The van der Waals surface area contributed by atoms with Crippen molar-refractivity contribution in [2.24, 2.45) is 5.73 Å². The van der Waals surface area contributed by atoms with Crippen molar-refractivity contribution in [1.29, 1.82) is 0 Å². The van der Waals surface area contributed by atoms with Crippen molar-refractivity contribution in [2.45, 2.75) is 24.8 Å². The minimum atomic E-state index is 0.250. The maximum atomic E-state index is 6.06. The molecular weight excluding hydrogens is 218 g/mol. The molecular formula is C12H27N3S. The van der Waals surface area contributed by atoms with Crippen LogP contribution in [0.2, 0.25) is 0 Å². The van der Waals surface area contributed by atoms with Gasteiger partial charge in [0.2, 0.25) is 0 Å². The van der Waals surface area contributed by atoms with Crippen LogP contribution in [0.1, 0.15) is 19.3 Å². The SMILES string of the molecule is CSCCN(C)C1(CN)CCCN(C)CC1. The molecule has 1 heterocycles. The Balaban J connectivity index is 2.59. The molecule has 1 atom stereocenters. The van der Waals surface area contributed by atoms with Crippen molar-refractivity contribution in [3.05, 3.63) is 0 Å². The third kappa shape index (κ3) is 3.62. The maximum absolute atomic E-state index is 6.06. The molecule has 1 saturated heterocycles. The van der Waals surface area contributed by atoms with Crippen LogP contribution >= 0.6 is 11.8 Å². The standard InChI is InChI=1S/C12H27N3S/c1-14-7-4-5-12(11-13,6-8-14)15(2)9-10-16-3/h4-11,13H2,1-3H3. The van der Waals surface area contributed by atoms with Gasteiger partial charge in [-0.15, -0.1) is 0 Å². The van der Waals surface area contributed by atoms with E-state index in [1.807, 2.05) is 11.8 Å². The van der Waals surface area contributed by atoms with Gasteiger partial charge in [-0.25, -0.2) is 0 Å². The van der Waals surface area contributed by atoms with Crippen LogP contribution in [-0.4, -0.2) is 67.6 Å². The first-order valence-electron chi connectivity index (χ1n) is 6.23. The highest BCUT2D eigenvalue weighted by atomic mass is 32.2. The number of nitrogens with two attached hydrogens (primary N) is 1. The molecule has 3 nitrogen and oxygen atoms in total. The molecule has 2 N–H and O–H groups in total. The monoisotopic (exact) mass is 245 g/mol. The fraction of sp³-hybridized carbons (Fsp3) is 1.00. The van der Waals surface area contributed by atoms with Crippen LogP contribution in [0.3, 0.4) is 0 Å². The van der Waals surface area contributed by atoms with E-state index in [0.29, 0.717) is 0 Å². The highest BCUT2D eigenvalue weighted by Crippen LogP contribution is 2.26. The van der Waals surface area contributed by atoms with E-state index in [4.69, 9.17) is 5.73 Å². The van der Waals surface area contributed by atoms with E-state index < -0.39 is 0 Å². The van der Waals surface area contributed by atoms with Crippen LogP contribution in [0.5, 0.6) is 0 Å². The second kappa shape index (κ2) is 6.84. The summed E-state index contributed by atoms with van der Waals surface area (Å²) in [5.74, 6) is 1.20. The zero-order valence-corrected chi connectivity index (χ0v) is 11.9. The van der Waals surface area contributed by atoms with Crippen molar-refractivity contribution < 1.29 is 0 Å². The summed E-state index contributed by atoms with van der Waals surface area (Å²) in [7, 11) is 4.46. The molecule has 0 radical (unpaired) electrons. The van der Waals surface area contributed by atoms with Gasteiger partial charge in [-0.1, -0.05) is 0 Å².